The largest absolute Gasteiger partial charge is 0.382 e. The Morgan fingerprint density at radius 3 is 2.70 bits per heavy atom. The van der Waals surface area contributed by atoms with E-state index < -0.39 is 5.91 Å². The number of fused-ring (bicyclic) bond motifs is 1. The summed E-state index contributed by atoms with van der Waals surface area (Å²) in [5.41, 5.74) is 6.50. The third-order valence-corrected chi connectivity index (χ3v) is 2.78. The van der Waals surface area contributed by atoms with Gasteiger partial charge in [0.1, 0.15) is 5.82 Å². The number of nitrogens with one attached hydrogen (secondary N) is 1. The van der Waals surface area contributed by atoms with Gasteiger partial charge in [0.05, 0.1) is 5.52 Å². The molecule has 0 saturated heterocycles. The number of carbonyl (C=O) groups excluding carboxylic acids is 1. The van der Waals surface area contributed by atoms with E-state index in [2.05, 4.69) is 20.3 Å². The molecule has 3 rings (SSSR count). The van der Waals surface area contributed by atoms with Crippen LogP contribution in [-0.4, -0.2) is 20.9 Å². The van der Waals surface area contributed by atoms with Crippen molar-refractivity contribution in [3.05, 3.63) is 54.5 Å². The number of pyridine rings is 1. The summed E-state index contributed by atoms with van der Waals surface area (Å²) < 4.78 is 0. The van der Waals surface area contributed by atoms with E-state index in [1.807, 2.05) is 30.3 Å². The fourth-order valence-electron chi connectivity index (χ4n) is 1.83. The molecule has 0 fully saturated rings. The third-order valence-electron chi connectivity index (χ3n) is 2.78. The Kier molecular flexibility index (Phi) is 2.96. The molecule has 1 aromatic carbocycles. The molecule has 2 aromatic heterocycles. The van der Waals surface area contributed by atoms with Gasteiger partial charge in [0.25, 0.3) is 5.91 Å². The Labute approximate surface area is 114 Å². The van der Waals surface area contributed by atoms with E-state index in [0.29, 0.717) is 5.82 Å². The van der Waals surface area contributed by atoms with Crippen molar-refractivity contribution in [2.75, 3.05) is 11.1 Å². The van der Waals surface area contributed by atoms with Crippen LogP contribution in [0.3, 0.4) is 0 Å². The van der Waals surface area contributed by atoms with E-state index in [1.165, 1.54) is 12.4 Å². The topological polar surface area (TPSA) is 93.8 Å². The second-order valence-corrected chi connectivity index (χ2v) is 4.13. The van der Waals surface area contributed by atoms with Crippen molar-refractivity contribution in [2.45, 2.75) is 0 Å². The lowest BCUT2D eigenvalue weighted by Crippen LogP contribution is -2.17. The molecule has 0 aliphatic carbocycles. The summed E-state index contributed by atoms with van der Waals surface area (Å²) in [7, 11) is 0. The lowest BCUT2D eigenvalue weighted by Gasteiger charge is -2.06. The van der Waals surface area contributed by atoms with E-state index in [4.69, 9.17) is 5.73 Å². The molecular formula is C14H11N5O. The molecular weight excluding hydrogens is 254 g/mol. The lowest BCUT2D eigenvalue weighted by atomic mass is 10.2. The quantitative estimate of drug-likeness (QED) is 0.737. The second-order valence-electron chi connectivity index (χ2n) is 4.13. The van der Waals surface area contributed by atoms with Crippen LogP contribution in [0.4, 0.5) is 11.6 Å². The maximum atomic E-state index is 12.0. The number of amides is 1. The number of carbonyl (C=O) groups is 1. The minimum atomic E-state index is -0.432. The summed E-state index contributed by atoms with van der Waals surface area (Å²) in [6, 6.07) is 11.3. The fourth-order valence-corrected chi connectivity index (χ4v) is 1.83. The van der Waals surface area contributed by atoms with Crippen LogP contribution in [0.5, 0.6) is 0 Å². The number of nitrogen functional groups attached to an aromatic ring is 1. The summed E-state index contributed by atoms with van der Waals surface area (Å²) in [4.78, 5) is 24.1. The van der Waals surface area contributed by atoms with Gasteiger partial charge in [-0.3, -0.25) is 4.79 Å². The molecule has 98 valence electrons. The minimum Gasteiger partial charge on any atom is -0.382 e. The van der Waals surface area contributed by atoms with Crippen molar-refractivity contribution in [2.24, 2.45) is 0 Å². The van der Waals surface area contributed by atoms with Crippen LogP contribution in [0.2, 0.25) is 0 Å². The number of benzene rings is 1. The zero-order valence-corrected chi connectivity index (χ0v) is 10.4. The molecule has 3 aromatic rings. The molecule has 6 nitrogen and oxygen atoms in total. The van der Waals surface area contributed by atoms with E-state index in [-0.39, 0.29) is 11.5 Å². The third kappa shape index (κ3) is 2.26. The molecule has 0 saturated carbocycles. The lowest BCUT2D eigenvalue weighted by molar-refractivity contribution is 0.102. The van der Waals surface area contributed by atoms with Crippen LogP contribution in [-0.2, 0) is 0 Å². The number of nitrogens with zero attached hydrogens (tertiary/aromatic N) is 3. The predicted molar refractivity (Wildman–Crippen MR) is 76.1 cm³/mol. The molecule has 0 atom stereocenters. The Bertz CT molecular complexity index is 787. The first-order valence-electron chi connectivity index (χ1n) is 5.97. The van der Waals surface area contributed by atoms with Crippen molar-refractivity contribution >= 4 is 28.4 Å². The van der Waals surface area contributed by atoms with Crippen LogP contribution >= 0.6 is 0 Å². The molecule has 0 spiro atoms. The highest BCUT2D eigenvalue weighted by molar-refractivity contribution is 6.05. The van der Waals surface area contributed by atoms with Gasteiger partial charge in [0.2, 0.25) is 0 Å². The van der Waals surface area contributed by atoms with Crippen LogP contribution in [0.15, 0.2) is 48.8 Å². The first kappa shape index (κ1) is 12.0. The predicted octanol–water partition coefficient (Wildman–Crippen LogP) is 1.86. The number of nitrogens with two attached hydrogens (primary N) is 1. The average molecular weight is 265 g/mol. The van der Waals surface area contributed by atoms with Crippen LogP contribution in [0, 0.1) is 0 Å². The van der Waals surface area contributed by atoms with Crippen molar-refractivity contribution in [1.82, 2.24) is 15.0 Å². The van der Waals surface area contributed by atoms with Gasteiger partial charge in [-0.15, -0.1) is 0 Å². The van der Waals surface area contributed by atoms with Crippen molar-refractivity contribution in [3.63, 3.8) is 0 Å². The van der Waals surface area contributed by atoms with E-state index in [9.17, 15) is 4.79 Å². The number of para-hydroxylation sites is 1. The second kappa shape index (κ2) is 4.93. The summed E-state index contributed by atoms with van der Waals surface area (Å²) in [6.45, 7) is 0. The molecule has 0 aliphatic heterocycles. The molecule has 0 bridgehead atoms. The highest BCUT2D eigenvalue weighted by Crippen LogP contribution is 2.15. The highest BCUT2D eigenvalue weighted by Gasteiger charge is 2.12. The zero-order valence-electron chi connectivity index (χ0n) is 10.4. The number of hydrogen-bond donors (Lipinski definition) is 2. The van der Waals surface area contributed by atoms with Gasteiger partial charge >= 0.3 is 0 Å². The standard InChI is InChI=1S/C14H11N5O/c15-13-12(16-7-8-17-13)14(20)19-11-6-5-9-3-1-2-4-10(9)18-11/h1-8H,(H2,15,17)(H,18,19,20). The van der Waals surface area contributed by atoms with Gasteiger partial charge in [0, 0.05) is 17.8 Å². The fraction of sp³-hybridized carbons (Fsp3) is 0. The molecule has 6 heteroatoms. The number of anilines is 2. The van der Waals surface area contributed by atoms with Gasteiger partial charge in [-0.05, 0) is 18.2 Å². The molecule has 3 N–H and O–H groups in total. The highest BCUT2D eigenvalue weighted by atomic mass is 16.2. The van der Waals surface area contributed by atoms with Gasteiger partial charge in [0.15, 0.2) is 11.5 Å². The summed E-state index contributed by atoms with van der Waals surface area (Å²) in [6.07, 6.45) is 2.85. The molecule has 0 radical (unpaired) electrons. The van der Waals surface area contributed by atoms with Crippen LogP contribution in [0.1, 0.15) is 10.5 Å². The Morgan fingerprint density at radius 1 is 1.05 bits per heavy atom. The smallest absolute Gasteiger partial charge is 0.279 e. The first-order valence-corrected chi connectivity index (χ1v) is 5.97. The van der Waals surface area contributed by atoms with E-state index in [0.717, 1.165) is 10.9 Å². The number of hydrogen-bond acceptors (Lipinski definition) is 5. The van der Waals surface area contributed by atoms with E-state index >= 15 is 0 Å². The monoisotopic (exact) mass is 265 g/mol. The van der Waals surface area contributed by atoms with Gasteiger partial charge in [-0.2, -0.15) is 0 Å². The molecule has 0 aliphatic rings. The molecule has 20 heavy (non-hydrogen) atoms. The first-order chi connectivity index (χ1) is 9.74. The summed E-state index contributed by atoms with van der Waals surface area (Å²) >= 11 is 0. The van der Waals surface area contributed by atoms with Crippen molar-refractivity contribution < 1.29 is 4.79 Å². The van der Waals surface area contributed by atoms with E-state index in [1.54, 1.807) is 6.07 Å². The molecule has 2 heterocycles. The Hall–Kier alpha value is -3.02. The summed E-state index contributed by atoms with van der Waals surface area (Å²) in [5.74, 6) is 0.0999. The van der Waals surface area contributed by atoms with Crippen molar-refractivity contribution in [1.29, 1.82) is 0 Å². The van der Waals surface area contributed by atoms with Crippen LogP contribution < -0.4 is 11.1 Å². The Balaban J connectivity index is 1.89. The minimum absolute atomic E-state index is 0.0856. The maximum Gasteiger partial charge on any atom is 0.279 e. The average Bonchev–Trinajstić information content (AvgIpc) is 2.47. The van der Waals surface area contributed by atoms with Crippen molar-refractivity contribution in [3.8, 4) is 0 Å². The number of aromatic nitrogens is 3. The van der Waals surface area contributed by atoms with Gasteiger partial charge < -0.3 is 11.1 Å². The zero-order chi connectivity index (χ0) is 13.9. The van der Waals surface area contributed by atoms with Gasteiger partial charge in [-0.1, -0.05) is 18.2 Å². The normalized spacial score (nSPS) is 10.4. The molecule has 0 unspecified atom stereocenters. The summed E-state index contributed by atoms with van der Waals surface area (Å²) in [5, 5.41) is 3.66. The maximum absolute atomic E-state index is 12.0. The Morgan fingerprint density at radius 2 is 1.85 bits per heavy atom. The number of rotatable bonds is 2. The SMILES string of the molecule is Nc1nccnc1C(=O)Nc1ccc2ccccc2n1. The van der Waals surface area contributed by atoms with Crippen LogP contribution in [0.25, 0.3) is 10.9 Å². The van der Waals surface area contributed by atoms with Gasteiger partial charge in [-0.25, -0.2) is 15.0 Å². The molecule has 1 amide bonds.